The smallest absolute Gasteiger partial charge is 0.857 e. The van der Waals surface area contributed by atoms with Gasteiger partial charge in [0.15, 0.2) is 0 Å². The molecule has 4 heterocycles. The molecule has 10 nitrogen and oxygen atoms in total. The van der Waals surface area contributed by atoms with Gasteiger partial charge in [0.25, 0.3) is 0 Å². The van der Waals surface area contributed by atoms with Gasteiger partial charge in [-0.2, -0.15) is 20.4 Å². The molecule has 11 heteroatoms. The Balaban J connectivity index is 0.000000240. The van der Waals surface area contributed by atoms with E-state index in [9.17, 15) is 10.2 Å². The van der Waals surface area contributed by atoms with Gasteiger partial charge in [-0.05, 0) is 59.7 Å². The van der Waals surface area contributed by atoms with E-state index in [1.807, 2.05) is 12.1 Å². The molecule has 0 fully saturated rings. The molecule has 0 aliphatic heterocycles. The standard InChI is InChI=1S/2C12H10N4O.Ni/c2*17-12(10-4-7-13-8-5-10)16-15-9-11-3-1-2-6-14-11;/h2*1-9H,(H,16,17);/q;;+2/p-2/b2*15-9+;. The van der Waals surface area contributed by atoms with Crippen molar-refractivity contribution in [1.29, 1.82) is 0 Å². The van der Waals surface area contributed by atoms with E-state index in [4.69, 9.17) is 0 Å². The van der Waals surface area contributed by atoms with Crippen LogP contribution in [0.1, 0.15) is 22.5 Å². The minimum Gasteiger partial charge on any atom is -0.857 e. The summed E-state index contributed by atoms with van der Waals surface area (Å²) < 4.78 is 0. The molecule has 176 valence electrons. The Bertz CT molecular complexity index is 1150. The Kier molecular flexibility index (Phi) is 11.6. The van der Waals surface area contributed by atoms with Crippen molar-refractivity contribution in [3.63, 3.8) is 0 Å². The van der Waals surface area contributed by atoms with E-state index >= 15 is 0 Å². The predicted molar refractivity (Wildman–Crippen MR) is 125 cm³/mol. The Morgan fingerprint density at radius 3 is 1.31 bits per heavy atom. The van der Waals surface area contributed by atoms with Crippen LogP contribution in [0.3, 0.4) is 0 Å². The van der Waals surface area contributed by atoms with Crippen molar-refractivity contribution < 1.29 is 26.7 Å². The van der Waals surface area contributed by atoms with Crippen LogP contribution < -0.4 is 10.2 Å². The summed E-state index contributed by atoms with van der Waals surface area (Å²) in [4.78, 5) is 15.7. The summed E-state index contributed by atoms with van der Waals surface area (Å²) >= 11 is 0. The van der Waals surface area contributed by atoms with Crippen LogP contribution in [0.25, 0.3) is 0 Å². The molecule has 0 amide bonds. The van der Waals surface area contributed by atoms with Gasteiger partial charge in [-0.1, -0.05) is 12.1 Å². The van der Waals surface area contributed by atoms with Crippen molar-refractivity contribution in [2.24, 2.45) is 20.4 Å². The number of aromatic nitrogens is 4. The monoisotopic (exact) mass is 508 g/mol. The van der Waals surface area contributed by atoms with Gasteiger partial charge in [0, 0.05) is 49.0 Å². The molecule has 0 atom stereocenters. The van der Waals surface area contributed by atoms with Crippen LogP contribution in [0, 0.1) is 0 Å². The Hall–Kier alpha value is -4.63. The summed E-state index contributed by atoms with van der Waals surface area (Å²) in [5, 5.41) is 37.5. The maximum Gasteiger partial charge on any atom is 2.00 e. The van der Waals surface area contributed by atoms with Crippen LogP contribution in [0.2, 0.25) is 0 Å². The molecule has 0 aromatic carbocycles. The summed E-state index contributed by atoms with van der Waals surface area (Å²) in [6, 6.07) is 17.2. The molecule has 0 saturated heterocycles. The zero-order valence-corrected chi connectivity index (χ0v) is 19.1. The van der Waals surface area contributed by atoms with Crippen molar-refractivity contribution in [2.45, 2.75) is 0 Å². The van der Waals surface area contributed by atoms with E-state index in [2.05, 4.69) is 40.3 Å². The van der Waals surface area contributed by atoms with Crippen LogP contribution in [0.4, 0.5) is 0 Å². The fourth-order valence-electron chi connectivity index (χ4n) is 2.29. The number of hydrogen-bond acceptors (Lipinski definition) is 10. The molecule has 35 heavy (non-hydrogen) atoms. The van der Waals surface area contributed by atoms with Gasteiger partial charge in [0.05, 0.1) is 23.8 Å². The molecule has 0 radical (unpaired) electrons. The molecule has 4 rings (SSSR count). The van der Waals surface area contributed by atoms with Gasteiger partial charge < -0.3 is 10.2 Å². The Morgan fingerprint density at radius 1 is 0.571 bits per heavy atom. The third kappa shape index (κ3) is 9.81. The van der Waals surface area contributed by atoms with E-state index in [-0.39, 0.29) is 16.5 Å². The first kappa shape index (κ1) is 26.6. The van der Waals surface area contributed by atoms with Crippen LogP contribution in [-0.2, 0) is 16.5 Å². The van der Waals surface area contributed by atoms with E-state index in [0.717, 1.165) is 0 Å². The first-order valence-corrected chi connectivity index (χ1v) is 9.91. The second kappa shape index (κ2) is 15.3. The zero-order valence-electron chi connectivity index (χ0n) is 18.1. The fourth-order valence-corrected chi connectivity index (χ4v) is 2.29. The van der Waals surface area contributed by atoms with Crippen LogP contribution in [0.5, 0.6) is 0 Å². The molecule has 0 aliphatic carbocycles. The minimum absolute atomic E-state index is 0. The van der Waals surface area contributed by atoms with E-state index in [0.29, 0.717) is 22.5 Å². The topological polar surface area (TPSA) is 147 Å². The van der Waals surface area contributed by atoms with E-state index in [1.165, 1.54) is 37.2 Å². The van der Waals surface area contributed by atoms with E-state index in [1.54, 1.807) is 60.9 Å². The summed E-state index contributed by atoms with van der Waals surface area (Å²) in [5.74, 6) is -0.806. The van der Waals surface area contributed by atoms with Crippen LogP contribution in [0.15, 0.2) is 118 Å². The first-order valence-electron chi connectivity index (χ1n) is 9.91. The maximum atomic E-state index is 11.5. The molecule has 0 aliphatic rings. The first-order chi connectivity index (χ1) is 16.7. The largest absolute Gasteiger partial charge is 2.00 e. The summed E-state index contributed by atoms with van der Waals surface area (Å²) in [5.41, 5.74) is 2.22. The van der Waals surface area contributed by atoms with Gasteiger partial charge >= 0.3 is 16.5 Å². The summed E-state index contributed by atoms with van der Waals surface area (Å²) in [7, 11) is 0. The molecular formula is C24H18N8NiO2. The molecular weight excluding hydrogens is 491 g/mol. The van der Waals surface area contributed by atoms with Gasteiger partial charge in [-0.3, -0.25) is 19.9 Å². The molecule has 0 spiro atoms. The molecule has 4 aromatic heterocycles. The average Bonchev–Trinajstić information content (AvgIpc) is 2.91. The number of hydrogen-bond donors (Lipinski definition) is 0. The second-order valence-corrected chi connectivity index (χ2v) is 6.28. The Labute approximate surface area is 211 Å². The average molecular weight is 509 g/mol. The SMILES string of the molecule is [Ni+2].[O-]/C(=N\N=C\c1ccccn1)c1ccncc1.[O-]/C(=N\N=C\c1ccccn1)c1ccncc1. The van der Waals surface area contributed by atoms with E-state index < -0.39 is 11.8 Å². The summed E-state index contributed by atoms with van der Waals surface area (Å²) in [6.45, 7) is 0. The van der Waals surface area contributed by atoms with Crippen molar-refractivity contribution in [3.05, 3.63) is 120 Å². The third-order valence-corrected chi connectivity index (χ3v) is 3.91. The van der Waals surface area contributed by atoms with Gasteiger partial charge in [0.1, 0.15) is 0 Å². The number of nitrogens with zero attached hydrogens (tertiary/aromatic N) is 8. The van der Waals surface area contributed by atoms with Gasteiger partial charge in [-0.25, -0.2) is 0 Å². The Morgan fingerprint density at radius 2 is 0.971 bits per heavy atom. The quantitative estimate of drug-likeness (QED) is 0.165. The predicted octanol–water partition coefficient (Wildman–Crippen LogP) is 1.23. The molecule has 0 unspecified atom stereocenters. The third-order valence-electron chi connectivity index (χ3n) is 3.91. The van der Waals surface area contributed by atoms with Crippen molar-refractivity contribution in [3.8, 4) is 0 Å². The van der Waals surface area contributed by atoms with Crippen LogP contribution in [-0.4, -0.2) is 44.2 Å². The number of rotatable bonds is 6. The minimum atomic E-state index is -0.403. The fraction of sp³-hybridized carbons (Fsp3) is 0. The van der Waals surface area contributed by atoms with Crippen LogP contribution >= 0.6 is 0 Å². The molecule has 0 N–H and O–H groups in total. The van der Waals surface area contributed by atoms with Crippen molar-refractivity contribution in [1.82, 2.24) is 19.9 Å². The normalized spacial score (nSPS) is 11.5. The molecule has 0 saturated carbocycles. The van der Waals surface area contributed by atoms with Crippen molar-refractivity contribution >= 4 is 24.2 Å². The van der Waals surface area contributed by atoms with Gasteiger partial charge in [-0.15, -0.1) is 0 Å². The molecule has 0 bridgehead atoms. The van der Waals surface area contributed by atoms with Gasteiger partial charge in [0.2, 0.25) is 0 Å². The second-order valence-electron chi connectivity index (χ2n) is 6.28. The summed E-state index contributed by atoms with van der Waals surface area (Å²) in [6.07, 6.45) is 12.3. The number of pyridine rings is 4. The zero-order chi connectivity index (χ0) is 23.8. The molecule has 4 aromatic rings. The van der Waals surface area contributed by atoms with Crippen molar-refractivity contribution in [2.75, 3.05) is 0 Å². The maximum absolute atomic E-state index is 11.5.